The third-order valence-electron chi connectivity index (χ3n) is 4.69. The largest absolute Gasteiger partial charge is 0.370 e. The molecule has 2 aromatic rings. The molecule has 4 heterocycles. The molecule has 2 aliphatic rings. The van der Waals surface area contributed by atoms with E-state index in [4.69, 9.17) is 4.74 Å². The molecule has 116 valence electrons. The van der Waals surface area contributed by atoms with Crippen LogP contribution in [-0.2, 0) is 24.3 Å². The van der Waals surface area contributed by atoms with Crippen LogP contribution in [0.4, 0.5) is 0 Å². The van der Waals surface area contributed by atoms with Crippen molar-refractivity contribution in [3.8, 4) is 0 Å². The summed E-state index contributed by atoms with van der Waals surface area (Å²) in [4.78, 5) is 7.01. The lowest BCUT2D eigenvalue weighted by Gasteiger charge is -2.40. The molecule has 22 heavy (non-hydrogen) atoms. The Morgan fingerprint density at radius 2 is 2.27 bits per heavy atom. The fourth-order valence-corrected chi connectivity index (χ4v) is 3.38. The smallest absolute Gasteiger partial charge is 0.0930 e. The Kier molecular flexibility index (Phi) is 3.63. The van der Waals surface area contributed by atoms with Gasteiger partial charge in [-0.25, -0.2) is 4.68 Å². The highest BCUT2D eigenvalue weighted by atomic mass is 16.5. The lowest BCUT2D eigenvalue weighted by molar-refractivity contribution is -0.0671. The molecule has 1 fully saturated rings. The van der Waals surface area contributed by atoms with Crippen molar-refractivity contribution in [1.82, 2.24) is 24.9 Å². The molecular formula is C16H21N5O. The average Bonchev–Trinajstić information content (AvgIpc) is 3.05. The van der Waals surface area contributed by atoms with Gasteiger partial charge < -0.3 is 4.74 Å². The van der Waals surface area contributed by atoms with Crippen molar-refractivity contribution in [2.45, 2.75) is 45.1 Å². The molecule has 0 N–H and O–H groups in total. The van der Waals surface area contributed by atoms with Crippen LogP contribution in [0.2, 0.25) is 0 Å². The van der Waals surface area contributed by atoms with Crippen LogP contribution in [0.3, 0.4) is 0 Å². The molecule has 2 atom stereocenters. The molecule has 0 aliphatic carbocycles. The number of piperidine rings is 1. The average molecular weight is 299 g/mol. The zero-order chi connectivity index (χ0) is 14.9. The zero-order valence-corrected chi connectivity index (χ0v) is 12.9. The molecule has 0 bridgehead atoms. The van der Waals surface area contributed by atoms with Crippen molar-refractivity contribution < 1.29 is 4.74 Å². The number of hydrogen-bond acceptors (Lipinski definition) is 5. The van der Waals surface area contributed by atoms with E-state index in [1.165, 1.54) is 5.56 Å². The van der Waals surface area contributed by atoms with Gasteiger partial charge in [0.1, 0.15) is 0 Å². The first-order valence-corrected chi connectivity index (χ1v) is 8.00. The van der Waals surface area contributed by atoms with Crippen molar-refractivity contribution in [3.63, 3.8) is 0 Å². The minimum atomic E-state index is 0.265. The van der Waals surface area contributed by atoms with Crippen LogP contribution >= 0.6 is 0 Å². The second-order valence-corrected chi connectivity index (χ2v) is 6.12. The summed E-state index contributed by atoms with van der Waals surface area (Å²) >= 11 is 0. The van der Waals surface area contributed by atoms with Gasteiger partial charge in [0.2, 0.25) is 0 Å². The summed E-state index contributed by atoms with van der Waals surface area (Å²) in [7, 11) is 0. The Morgan fingerprint density at radius 1 is 1.32 bits per heavy atom. The lowest BCUT2D eigenvalue weighted by atomic mass is 10.00. The highest BCUT2D eigenvalue weighted by Gasteiger charge is 2.36. The monoisotopic (exact) mass is 299 g/mol. The van der Waals surface area contributed by atoms with Crippen molar-refractivity contribution >= 4 is 0 Å². The van der Waals surface area contributed by atoms with Crippen molar-refractivity contribution in [1.29, 1.82) is 0 Å². The topological polar surface area (TPSA) is 56.1 Å². The van der Waals surface area contributed by atoms with Gasteiger partial charge >= 0.3 is 0 Å². The molecule has 4 rings (SSSR count). The Morgan fingerprint density at radius 3 is 3.09 bits per heavy atom. The van der Waals surface area contributed by atoms with E-state index in [0.29, 0.717) is 6.61 Å². The quantitative estimate of drug-likeness (QED) is 0.861. The third-order valence-corrected chi connectivity index (χ3v) is 4.69. The van der Waals surface area contributed by atoms with Crippen LogP contribution in [0.25, 0.3) is 0 Å². The summed E-state index contributed by atoms with van der Waals surface area (Å²) in [6.07, 6.45) is 6.13. The highest BCUT2D eigenvalue weighted by molar-refractivity contribution is 5.14. The molecule has 0 saturated carbocycles. The van der Waals surface area contributed by atoms with Gasteiger partial charge in [-0.15, -0.1) is 5.10 Å². The number of hydrogen-bond donors (Lipinski definition) is 0. The van der Waals surface area contributed by atoms with Gasteiger partial charge in [-0.05, 0) is 24.5 Å². The second kappa shape index (κ2) is 5.78. The van der Waals surface area contributed by atoms with Gasteiger partial charge in [0, 0.05) is 25.8 Å². The zero-order valence-electron chi connectivity index (χ0n) is 12.9. The first-order valence-electron chi connectivity index (χ1n) is 8.00. The molecule has 0 unspecified atom stereocenters. The standard InChI is InChI=1S/C16H21N5O/c1-2-12-3-4-13(17-7-12)9-20-6-5-16-15(10-20)21-14(11-22-16)8-18-19-21/h3-4,7-8,15-16H,2,5-6,9-11H2,1H3/t15-,16-/m1/s1. The number of ether oxygens (including phenoxy) is 1. The Balaban J connectivity index is 1.47. The van der Waals surface area contributed by atoms with E-state index in [-0.39, 0.29) is 12.1 Å². The van der Waals surface area contributed by atoms with E-state index in [0.717, 1.165) is 43.9 Å². The minimum absolute atomic E-state index is 0.265. The van der Waals surface area contributed by atoms with E-state index in [1.807, 2.05) is 10.9 Å². The summed E-state index contributed by atoms with van der Waals surface area (Å²) < 4.78 is 8.00. The number of aryl methyl sites for hydroxylation is 1. The van der Waals surface area contributed by atoms with Crippen LogP contribution in [0.1, 0.15) is 36.3 Å². The van der Waals surface area contributed by atoms with E-state index >= 15 is 0 Å². The molecular weight excluding hydrogens is 278 g/mol. The molecule has 1 saturated heterocycles. The van der Waals surface area contributed by atoms with Crippen LogP contribution in [0.5, 0.6) is 0 Å². The lowest BCUT2D eigenvalue weighted by Crippen LogP contribution is -2.47. The van der Waals surface area contributed by atoms with E-state index in [1.54, 1.807) is 6.20 Å². The maximum absolute atomic E-state index is 5.95. The Hall–Kier alpha value is -1.79. The summed E-state index contributed by atoms with van der Waals surface area (Å²) in [5.74, 6) is 0. The molecule has 0 spiro atoms. The fourth-order valence-electron chi connectivity index (χ4n) is 3.38. The molecule has 2 aromatic heterocycles. The summed E-state index contributed by atoms with van der Waals surface area (Å²) in [6.45, 7) is 5.66. The van der Waals surface area contributed by atoms with E-state index in [2.05, 4.69) is 39.3 Å². The SMILES string of the molecule is CCc1ccc(CN2CC[C@H]3OCc4cnnn4[C@@H]3C2)nc1. The summed E-state index contributed by atoms with van der Waals surface area (Å²) in [6, 6.07) is 4.59. The van der Waals surface area contributed by atoms with Crippen molar-refractivity contribution in [3.05, 3.63) is 41.5 Å². The molecule has 0 aromatic carbocycles. The molecule has 6 nitrogen and oxygen atoms in total. The summed E-state index contributed by atoms with van der Waals surface area (Å²) in [5.41, 5.74) is 3.50. The molecule has 0 amide bonds. The van der Waals surface area contributed by atoms with Gasteiger partial charge in [-0.3, -0.25) is 9.88 Å². The van der Waals surface area contributed by atoms with Crippen molar-refractivity contribution in [2.24, 2.45) is 0 Å². The first kappa shape index (κ1) is 13.8. The third kappa shape index (κ3) is 2.53. The van der Waals surface area contributed by atoms with Gasteiger partial charge in [0.05, 0.1) is 36.3 Å². The maximum Gasteiger partial charge on any atom is 0.0930 e. The minimum Gasteiger partial charge on any atom is -0.370 e. The fraction of sp³-hybridized carbons (Fsp3) is 0.562. The highest BCUT2D eigenvalue weighted by Crippen LogP contribution is 2.30. The normalized spacial score (nSPS) is 24.8. The maximum atomic E-state index is 5.95. The summed E-state index contributed by atoms with van der Waals surface area (Å²) in [5, 5.41) is 8.27. The van der Waals surface area contributed by atoms with E-state index in [9.17, 15) is 0 Å². The number of likely N-dealkylation sites (tertiary alicyclic amines) is 1. The Bertz CT molecular complexity index is 638. The van der Waals surface area contributed by atoms with Crippen LogP contribution in [0.15, 0.2) is 24.5 Å². The van der Waals surface area contributed by atoms with Gasteiger partial charge in [0.15, 0.2) is 0 Å². The van der Waals surface area contributed by atoms with Crippen LogP contribution in [0, 0.1) is 0 Å². The second-order valence-electron chi connectivity index (χ2n) is 6.12. The molecule has 2 aliphatic heterocycles. The van der Waals surface area contributed by atoms with Gasteiger partial charge in [-0.1, -0.05) is 18.2 Å². The van der Waals surface area contributed by atoms with Gasteiger partial charge in [-0.2, -0.15) is 0 Å². The van der Waals surface area contributed by atoms with Crippen molar-refractivity contribution in [2.75, 3.05) is 13.1 Å². The number of nitrogens with zero attached hydrogens (tertiary/aromatic N) is 5. The number of pyridine rings is 1. The number of fused-ring (bicyclic) bond motifs is 3. The predicted molar refractivity (Wildman–Crippen MR) is 81.1 cm³/mol. The number of rotatable bonds is 3. The van der Waals surface area contributed by atoms with Crippen LogP contribution < -0.4 is 0 Å². The molecule has 0 radical (unpaired) electrons. The van der Waals surface area contributed by atoms with Gasteiger partial charge in [0.25, 0.3) is 0 Å². The van der Waals surface area contributed by atoms with E-state index < -0.39 is 0 Å². The number of aromatic nitrogens is 4. The molecule has 6 heteroatoms. The first-order chi connectivity index (χ1) is 10.8. The predicted octanol–water partition coefficient (Wildman–Crippen LogP) is 1.58. The van der Waals surface area contributed by atoms with Crippen LogP contribution in [-0.4, -0.2) is 44.1 Å². The Labute approximate surface area is 130 Å².